The van der Waals surface area contributed by atoms with Crippen LogP contribution in [0.1, 0.15) is 37.8 Å². The average Bonchev–Trinajstić information content (AvgIpc) is 3.10. The number of likely N-dealkylation sites (N-methyl/N-ethyl adjacent to an activating group) is 1. The molecule has 4 N–H and O–H groups in total. The first-order valence-electron chi connectivity index (χ1n) is 10.9. The third kappa shape index (κ3) is 2.61. The molecule has 1 aromatic carbocycles. The number of hydrogen-bond acceptors (Lipinski definition) is 8. The summed E-state index contributed by atoms with van der Waals surface area (Å²) in [6.07, 6.45) is 1.15. The lowest BCUT2D eigenvalue weighted by atomic mass is 9.50. The number of aromatic hydroxyl groups is 1. The van der Waals surface area contributed by atoms with E-state index in [0.29, 0.717) is 18.6 Å². The number of piperidine rings is 1. The summed E-state index contributed by atoms with van der Waals surface area (Å²) in [5, 5.41) is 34.4. The number of aliphatic hydroxyl groups excluding tert-OH is 1. The third-order valence-electron chi connectivity index (χ3n) is 7.66. The van der Waals surface area contributed by atoms with E-state index >= 15 is 0 Å². The number of ether oxygens (including phenoxy) is 2. The Bertz CT molecular complexity index is 1040. The molecule has 172 valence electrons. The zero-order chi connectivity index (χ0) is 23.0. The van der Waals surface area contributed by atoms with E-state index in [1.54, 1.807) is 12.1 Å². The van der Waals surface area contributed by atoms with Crippen LogP contribution in [0.4, 0.5) is 0 Å². The van der Waals surface area contributed by atoms with Crippen LogP contribution in [0.5, 0.6) is 11.5 Å². The average molecular weight is 444 g/mol. The highest BCUT2D eigenvalue weighted by Crippen LogP contribution is 2.65. The highest BCUT2D eigenvalue weighted by Gasteiger charge is 2.72. The molecule has 9 nitrogen and oxygen atoms in total. The molecule has 0 aromatic heterocycles. The molecule has 1 amide bonds. The molecule has 1 unspecified atom stereocenters. The molecule has 2 bridgehead atoms. The molecule has 1 fully saturated rings. The van der Waals surface area contributed by atoms with E-state index in [9.17, 15) is 24.9 Å². The number of phenols is 1. The minimum Gasteiger partial charge on any atom is -0.504 e. The molecule has 1 spiro atoms. The number of rotatable bonds is 4. The van der Waals surface area contributed by atoms with Crippen molar-refractivity contribution in [1.29, 1.82) is 0 Å². The van der Waals surface area contributed by atoms with Crippen molar-refractivity contribution in [3.05, 3.63) is 35.1 Å². The zero-order valence-electron chi connectivity index (χ0n) is 18.3. The Hall–Kier alpha value is -2.62. The van der Waals surface area contributed by atoms with Gasteiger partial charge in [0.15, 0.2) is 17.6 Å². The standard InChI is InChI=1S/C23H28N2O7/c1-11(24-20(28)12(2)26)21(29)31-15-6-7-23(30)16-10-13-4-5-14(27)18-17(13)22(23,19(15)32-18)8-9-25(16)3/h4-6,11-12,16,19,26-27,30H,7-10H2,1-3H3,(H,24,28)/t11?,12-,16+,19-,22-,23+/m0/s1. The summed E-state index contributed by atoms with van der Waals surface area (Å²) in [4.78, 5) is 26.6. The monoisotopic (exact) mass is 444 g/mol. The molecule has 1 aromatic rings. The Balaban J connectivity index is 1.53. The van der Waals surface area contributed by atoms with Crippen molar-refractivity contribution in [1.82, 2.24) is 10.2 Å². The van der Waals surface area contributed by atoms with Crippen LogP contribution in [-0.4, -0.2) is 75.6 Å². The number of carbonyl (C=O) groups excluding carboxylic acids is 2. The number of esters is 1. The van der Waals surface area contributed by atoms with Gasteiger partial charge in [0.25, 0.3) is 0 Å². The molecule has 5 rings (SSSR count). The van der Waals surface area contributed by atoms with Crippen LogP contribution in [-0.2, 0) is 26.2 Å². The summed E-state index contributed by atoms with van der Waals surface area (Å²) in [7, 11) is 2.00. The molecule has 1 saturated heterocycles. The van der Waals surface area contributed by atoms with Crippen LogP contribution in [0.2, 0.25) is 0 Å². The fourth-order valence-corrected chi connectivity index (χ4v) is 6.03. The van der Waals surface area contributed by atoms with Crippen LogP contribution in [0.3, 0.4) is 0 Å². The first-order chi connectivity index (χ1) is 15.1. The van der Waals surface area contributed by atoms with Gasteiger partial charge in [0.1, 0.15) is 17.9 Å². The van der Waals surface area contributed by atoms with Gasteiger partial charge >= 0.3 is 5.97 Å². The van der Waals surface area contributed by atoms with Crippen molar-refractivity contribution in [2.24, 2.45) is 0 Å². The summed E-state index contributed by atoms with van der Waals surface area (Å²) in [6, 6.07) is 2.36. The van der Waals surface area contributed by atoms with E-state index in [-0.39, 0.29) is 24.0 Å². The molecule has 9 heteroatoms. The second kappa shape index (κ2) is 6.94. The number of likely N-dealkylation sites (tertiary alicyclic amines) is 1. The van der Waals surface area contributed by atoms with Crippen molar-refractivity contribution in [2.75, 3.05) is 13.6 Å². The van der Waals surface area contributed by atoms with E-state index in [2.05, 4.69) is 10.2 Å². The van der Waals surface area contributed by atoms with Crippen molar-refractivity contribution in [3.63, 3.8) is 0 Å². The Kier molecular flexibility index (Phi) is 4.60. The maximum atomic E-state index is 12.7. The number of carbonyl (C=O) groups is 2. The highest BCUT2D eigenvalue weighted by molar-refractivity contribution is 5.86. The van der Waals surface area contributed by atoms with Crippen LogP contribution in [0.15, 0.2) is 24.0 Å². The Morgan fingerprint density at radius 2 is 2.09 bits per heavy atom. The van der Waals surface area contributed by atoms with Crippen LogP contribution in [0.25, 0.3) is 0 Å². The molecule has 4 aliphatic rings. The number of benzene rings is 1. The normalized spacial score (nSPS) is 34.0. The number of nitrogens with zero attached hydrogens (tertiary/aromatic N) is 1. The number of hydrogen-bond donors (Lipinski definition) is 4. The fraction of sp³-hybridized carbons (Fsp3) is 0.565. The van der Waals surface area contributed by atoms with Crippen LogP contribution >= 0.6 is 0 Å². The summed E-state index contributed by atoms with van der Waals surface area (Å²) >= 11 is 0. The van der Waals surface area contributed by atoms with Gasteiger partial charge in [-0.2, -0.15) is 0 Å². The molecular formula is C23H28N2O7. The van der Waals surface area contributed by atoms with Gasteiger partial charge in [-0.1, -0.05) is 6.07 Å². The summed E-state index contributed by atoms with van der Waals surface area (Å²) in [5.74, 6) is -0.769. The van der Waals surface area contributed by atoms with Gasteiger partial charge in [0, 0.05) is 18.0 Å². The lowest BCUT2D eigenvalue weighted by molar-refractivity contribution is -0.170. The number of amides is 1. The first kappa shape index (κ1) is 21.2. The molecule has 2 aliphatic heterocycles. The number of phenolic OH excluding ortho intramolecular Hbond substituents is 1. The largest absolute Gasteiger partial charge is 0.504 e. The van der Waals surface area contributed by atoms with Gasteiger partial charge in [0.2, 0.25) is 5.91 Å². The molecule has 2 heterocycles. The Morgan fingerprint density at radius 1 is 1.34 bits per heavy atom. The van der Waals surface area contributed by atoms with Crippen molar-refractivity contribution >= 4 is 11.9 Å². The second-order valence-corrected chi connectivity index (χ2v) is 9.43. The van der Waals surface area contributed by atoms with Crippen LogP contribution in [0, 0.1) is 0 Å². The fourth-order valence-electron chi connectivity index (χ4n) is 6.03. The predicted molar refractivity (Wildman–Crippen MR) is 112 cm³/mol. The van der Waals surface area contributed by atoms with Gasteiger partial charge < -0.3 is 35.0 Å². The molecule has 6 atom stereocenters. The van der Waals surface area contributed by atoms with Crippen molar-refractivity contribution < 1.29 is 34.4 Å². The molecule has 2 aliphatic carbocycles. The quantitative estimate of drug-likeness (QED) is 0.482. The van der Waals surface area contributed by atoms with E-state index in [0.717, 1.165) is 17.7 Å². The lowest BCUT2D eigenvalue weighted by Crippen LogP contribution is -2.74. The minimum atomic E-state index is -1.25. The topological polar surface area (TPSA) is 129 Å². The summed E-state index contributed by atoms with van der Waals surface area (Å²) in [6.45, 7) is 3.51. The first-order valence-corrected chi connectivity index (χ1v) is 10.9. The van der Waals surface area contributed by atoms with Crippen molar-refractivity contribution in [3.8, 4) is 11.5 Å². The van der Waals surface area contributed by atoms with E-state index in [1.807, 2.05) is 13.1 Å². The van der Waals surface area contributed by atoms with E-state index < -0.39 is 41.1 Å². The maximum Gasteiger partial charge on any atom is 0.333 e. The zero-order valence-corrected chi connectivity index (χ0v) is 18.3. The molecule has 0 saturated carbocycles. The van der Waals surface area contributed by atoms with Gasteiger partial charge in [-0.15, -0.1) is 0 Å². The lowest BCUT2D eigenvalue weighted by Gasteiger charge is -2.61. The minimum absolute atomic E-state index is 0.00417. The van der Waals surface area contributed by atoms with Crippen LogP contribution < -0.4 is 10.1 Å². The third-order valence-corrected chi connectivity index (χ3v) is 7.66. The predicted octanol–water partition coefficient (Wildman–Crippen LogP) is 0.0986. The number of nitrogens with one attached hydrogen (secondary N) is 1. The molecule has 0 radical (unpaired) electrons. The summed E-state index contributed by atoms with van der Waals surface area (Å²) < 4.78 is 11.9. The highest BCUT2D eigenvalue weighted by atomic mass is 16.6. The van der Waals surface area contributed by atoms with Gasteiger partial charge in [-0.05, 0) is 58.0 Å². The number of aliphatic hydroxyl groups is 2. The Morgan fingerprint density at radius 3 is 2.81 bits per heavy atom. The molecule has 32 heavy (non-hydrogen) atoms. The van der Waals surface area contributed by atoms with E-state index in [4.69, 9.17) is 9.47 Å². The van der Waals surface area contributed by atoms with Gasteiger partial charge in [-0.25, -0.2) is 4.79 Å². The van der Waals surface area contributed by atoms with Gasteiger partial charge in [-0.3, -0.25) is 4.79 Å². The SMILES string of the molecule is CC(NC(=O)[C@H](C)O)C(=O)OC1=CC[C@@]2(O)[C@H]3Cc4ccc(O)c5c4[C@@]2(CCN3C)[C@H]1O5. The van der Waals surface area contributed by atoms with Gasteiger partial charge in [0.05, 0.1) is 11.0 Å². The second-order valence-electron chi connectivity index (χ2n) is 9.43. The summed E-state index contributed by atoms with van der Waals surface area (Å²) in [5.41, 5.74) is -0.153. The molecular weight excluding hydrogens is 416 g/mol. The van der Waals surface area contributed by atoms with Crippen molar-refractivity contribution in [2.45, 2.75) is 68.4 Å². The Labute approximate surface area is 185 Å². The smallest absolute Gasteiger partial charge is 0.333 e. The maximum absolute atomic E-state index is 12.7. The van der Waals surface area contributed by atoms with E-state index in [1.165, 1.54) is 13.8 Å².